The minimum atomic E-state index is -0.0284. The number of hydrogen-bond acceptors (Lipinski definition) is 4. The molecule has 0 spiro atoms. The number of hydrogen-bond donors (Lipinski definition) is 1. The minimum absolute atomic E-state index is 0.0284. The highest BCUT2D eigenvalue weighted by Crippen LogP contribution is 2.28. The van der Waals surface area contributed by atoms with Gasteiger partial charge in [0.05, 0.1) is 13.2 Å². The average Bonchev–Trinajstić information content (AvgIpc) is 3.10. The van der Waals surface area contributed by atoms with Crippen LogP contribution in [0, 0.1) is 6.92 Å². The van der Waals surface area contributed by atoms with Crippen molar-refractivity contribution in [3.05, 3.63) is 58.4 Å². The summed E-state index contributed by atoms with van der Waals surface area (Å²) < 4.78 is 5.47. The van der Waals surface area contributed by atoms with Gasteiger partial charge in [-0.25, -0.2) is 0 Å². The van der Waals surface area contributed by atoms with Gasteiger partial charge in [0.25, 0.3) is 5.91 Å². The Bertz CT molecular complexity index is 900. The van der Waals surface area contributed by atoms with Crippen LogP contribution < -0.4 is 0 Å². The molecule has 1 saturated heterocycles. The number of benzene rings is 1. The number of nitrogens with zero attached hydrogens (tertiary/aromatic N) is 2. The van der Waals surface area contributed by atoms with Crippen LogP contribution in [0.3, 0.4) is 0 Å². The van der Waals surface area contributed by atoms with Gasteiger partial charge in [-0.05, 0) is 37.8 Å². The smallest absolute Gasteiger partial charge is 0.271 e. The van der Waals surface area contributed by atoms with Crippen LogP contribution in [0.2, 0.25) is 0 Å². The van der Waals surface area contributed by atoms with Crippen LogP contribution in [-0.4, -0.2) is 65.4 Å². The molecular weight excluding hydrogens is 378 g/mol. The predicted octanol–water partition coefficient (Wildman–Crippen LogP) is 3.21. The highest BCUT2D eigenvalue weighted by molar-refractivity contribution is 6.04. The fourth-order valence-corrected chi connectivity index (χ4v) is 4.60. The molecule has 2 heterocycles. The second kappa shape index (κ2) is 9.14. The molecule has 1 aliphatic heterocycles. The molecule has 6 nitrogen and oxygen atoms in total. The Balaban J connectivity index is 1.61. The predicted molar refractivity (Wildman–Crippen MR) is 116 cm³/mol. The van der Waals surface area contributed by atoms with E-state index in [-0.39, 0.29) is 17.7 Å². The Morgan fingerprint density at radius 2 is 1.93 bits per heavy atom. The van der Waals surface area contributed by atoms with Crippen LogP contribution in [0.25, 0.3) is 0 Å². The molecule has 1 fully saturated rings. The third kappa shape index (κ3) is 4.35. The third-order valence-corrected chi connectivity index (χ3v) is 6.27. The number of carbonyl (C=O) groups is 2. The third-order valence-electron chi connectivity index (χ3n) is 6.27. The van der Waals surface area contributed by atoms with E-state index in [0.29, 0.717) is 18.7 Å². The summed E-state index contributed by atoms with van der Waals surface area (Å²) in [6.07, 6.45) is 2.25. The Morgan fingerprint density at radius 3 is 2.63 bits per heavy atom. The van der Waals surface area contributed by atoms with Crippen LogP contribution >= 0.6 is 0 Å². The maximum absolute atomic E-state index is 13.7. The fraction of sp³-hybridized carbons (Fsp3) is 0.500. The molecule has 0 radical (unpaired) electrons. The van der Waals surface area contributed by atoms with Crippen molar-refractivity contribution >= 4 is 11.7 Å². The molecule has 0 bridgehead atoms. The first-order valence-corrected chi connectivity index (χ1v) is 10.9. The number of carbonyl (C=O) groups excluding carboxylic acids is 2. The molecule has 2 aliphatic rings. The number of rotatable bonds is 6. The van der Waals surface area contributed by atoms with Gasteiger partial charge in [0.1, 0.15) is 5.69 Å². The number of aromatic amines is 1. The summed E-state index contributed by atoms with van der Waals surface area (Å²) in [5.74, 6) is 0.124. The Kier molecular flexibility index (Phi) is 6.35. The molecular formula is C24H31N3O3. The van der Waals surface area contributed by atoms with Gasteiger partial charge in [-0.3, -0.25) is 14.5 Å². The number of aryl methyl sites for hydroxylation is 1. The molecule has 160 valence electrons. The van der Waals surface area contributed by atoms with Gasteiger partial charge in [0.2, 0.25) is 0 Å². The molecule has 1 atom stereocenters. The minimum Gasteiger partial charge on any atom is -0.379 e. The number of aromatic nitrogens is 1. The summed E-state index contributed by atoms with van der Waals surface area (Å²) in [7, 11) is 0. The largest absolute Gasteiger partial charge is 0.379 e. The normalized spacial score (nSPS) is 18.1. The van der Waals surface area contributed by atoms with E-state index in [1.165, 1.54) is 0 Å². The summed E-state index contributed by atoms with van der Waals surface area (Å²) >= 11 is 0. The Morgan fingerprint density at radius 1 is 1.20 bits per heavy atom. The number of morpholine rings is 1. The zero-order valence-corrected chi connectivity index (χ0v) is 17.9. The lowest BCUT2D eigenvalue weighted by Gasteiger charge is -2.35. The molecule has 1 aromatic carbocycles. The highest BCUT2D eigenvalue weighted by atomic mass is 16.5. The second-order valence-electron chi connectivity index (χ2n) is 8.44. The summed E-state index contributed by atoms with van der Waals surface area (Å²) in [5, 5.41) is 0. The first kappa shape index (κ1) is 20.8. The number of ketones is 1. The summed E-state index contributed by atoms with van der Waals surface area (Å²) in [6.45, 7) is 8.62. The van der Waals surface area contributed by atoms with Crippen LogP contribution in [0.5, 0.6) is 0 Å². The average molecular weight is 410 g/mol. The molecule has 1 aromatic heterocycles. The first-order valence-electron chi connectivity index (χ1n) is 10.9. The van der Waals surface area contributed by atoms with E-state index in [9.17, 15) is 9.59 Å². The van der Waals surface area contributed by atoms with Crippen molar-refractivity contribution in [2.45, 2.75) is 45.7 Å². The first-order chi connectivity index (χ1) is 14.5. The molecule has 1 aliphatic carbocycles. The zero-order valence-electron chi connectivity index (χ0n) is 17.9. The van der Waals surface area contributed by atoms with E-state index in [4.69, 9.17) is 4.74 Å². The lowest BCUT2D eigenvalue weighted by Crippen LogP contribution is -2.48. The van der Waals surface area contributed by atoms with Gasteiger partial charge in [-0.15, -0.1) is 0 Å². The maximum atomic E-state index is 13.7. The highest BCUT2D eigenvalue weighted by Gasteiger charge is 2.31. The lowest BCUT2D eigenvalue weighted by molar-refractivity contribution is 0.0227. The SMILES string of the molecule is Cc1c(C(=O)N(Cc2ccccc2)C(C)CN2CCOCC2)[nH]c2c1C(=O)CCC2. The molecule has 1 amide bonds. The Labute approximate surface area is 178 Å². The van der Waals surface area contributed by atoms with E-state index < -0.39 is 0 Å². The van der Waals surface area contributed by atoms with Crippen LogP contribution in [0.15, 0.2) is 30.3 Å². The lowest BCUT2D eigenvalue weighted by atomic mass is 9.93. The van der Waals surface area contributed by atoms with Gasteiger partial charge >= 0.3 is 0 Å². The number of fused-ring (bicyclic) bond motifs is 1. The van der Waals surface area contributed by atoms with Gasteiger partial charge < -0.3 is 14.6 Å². The van der Waals surface area contributed by atoms with Crippen LogP contribution in [-0.2, 0) is 17.7 Å². The number of H-pyrrole nitrogens is 1. The molecule has 0 saturated carbocycles. The van der Waals surface area contributed by atoms with Crippen molar-refractivity contribution < 1.29 is 14.3 Å². The summed E-state index contributed by atoms with van der Waals surface area (Å²) in [6, 6.07) is 10.1. The fourth-order valence-electron chi connectivity index (χ4n) is 4.60. The number of amides is 1. The monoisotopic (exact) mass is 409 g/mol. The standard InChI is InChI=1S/C24H31N3O3/c1-17(15-26-11-13-30-14-12-26)27(16-19-7-4-3-5-8-19)24(29)23-18(2)22-20(25-23)9-6-10-21(22)28/h3-5,7-8,17,25H,6,9-16H2,1-2H3. The quantitative estimate of drug-likeness (QED) is 0.796. The van der Waals surface area contributed by atoms with Crippen LogP contribution in [0.1, 0.15) is 57.4 Å². The topological polar surface area (TPSA) is 65.6 Å². The number of Topliss-reactive ketones (excluding diaryl/α,β-unsaturated/α-hetero) is 1. The van der Waals surface area contributed by atoms with Crippen molar-refractivity contribution in [2.75, 3.05) is 32.8 Å². The van der Waals surface area contributed by atoms with E-state index >= 15 is 0 Å². The van der Waals surface area contributed by atoms with Crippen molar-refractivity contribution in [1.82, 2.24) is 14.8 Å². The molecule has 30 heavy (non-hydrogen) atoms. The molecule has 1 N–H and O–H groups in total. The van der Waals surface area contributed by atoms with Gasteiger partial charge in [0.15, 0.2) is 5.78 Å². The second-order valence-corrected chi connectivity index (χ2v) is 8.44. The van der Waals surface area contributed by atoms with Crippen molar-refractivity contribution in [3.63, 3.8) is 0 Å². The molecule has 6 heteroatoms. The van der Waals surface area contributed by atoms with E-state index in [1.807, 2.05) is 30.0 Å². The maximum Gasteiger partial charge on any atom is 0.271 e. The van der Waals surface area contributed by atoms with Gasteiger partial charge in [-0.2, -0.15) is 0 Å². The zero-order chi connectivity index (χ0) is 21.1. The molecule has 2 aromatic rings. The molecule has 4 rings (SSSR count). The van der Waals surface area contributed by atoms with E-state index in [1.54, 1.807) is 0 Å². The van der Waals surface area contributed by atoms with Gasteiger partial charge in [0, 0.05) is 49.9 Å². The molecule has 1 unspecified atom stereocenters. The summed E-state index contributed by atoms with van der Waals surface area (Å²) in [4.78, 5) is 33.8. The van der Waals surface area contributed by atoms with E-state index in [0.717, 1.165) is 68.1 Å². The number of nitrogens with one attached hydrogen (secondary N) is 1. The Hall–Kier alpha value is -2.44. The van der Waals surface area contributed by atoms with Crippen molar-refractivity contribution in [3.8, 4) is 0 Å². The van der Waals surface area contributed by atoms with Gasteiger partial charge in [-0.1, -0.05) is 30.3 Å². The van der Waals surface area contributed by atoms with E-state index in [2.05, 4.69) is 28.9 Å². The number of ether oxygens (including phenoxy) is 1. The van der Waals surface area contributed by atoms with Crippen molar-refractivity contribution in [2.24, 2.45) is 0 Å². The van der Waals surface area contributed by atoms with Crippen LogP contribution in [0.4, 0.5) is 0 Å². The summed E-state index contributed by atoms with van der Waals surface area (Å²) in [5.41, 5.74) is 4.14. The van der Waals surface area contributed by atoms with Crippen molar-refractivity contribution in [1.29, 1.82) is 0 Å².